The van der Waals surface area contributed by atoms with Gasteiger partial charge < -0.3 is 5.32 Å². The average Bonchev–Trinajstić information content (AvgIpc) is 3.27. The second-order valence-electron chi connectivity index (χ2n) is 6.03. The Kier molecular flexibility index (Phi) is 5.66. The summed E-state index contributed by atoms with van der Waals surface area (Å²) in [6.07, 6.45) is 0.791. The Bertz CT molecular complexity index is 809. The van der Waals surface area contributed by atoms with Crippen LogP contribution in [0, 0.1) is 6.92 Å². The van der Waals surface area contributed by atoms with E-state index in [-0.39, 0.29) is 11.8 Å². The van der Waals surface area contributed by atoms with E-state index in [1.54, 1.807) is 11.3 Å². The van der Waals surface area contributed by atoms with E-state index >= 15 is 0 Å². The van der Waals surface area contributed by atoms with Crippen molar-refractivity contribution in [3.63, 3.8) is 0 Å². The molecule has 5 heteroatoms. The number of hydrogen-bond acceptors (Lipinski definition) is 3. The number of aromatic nitrogens is 2. The summed E-state index contributed by atoms with van der Waals surface area (Å²) in [6, 6.07) is 16.1. The van der Waals surface area contributed by atoms with Gasteiger partial charge in [0.15, 0.2) is 0 Å². The first-order chi connectivity index (χ1) is 12.2. The lowest BCUT2D eigenvalue weighted by Gasteiger charge is -2.15. The third-order valence-corrected chi connectivity index (χ3v) is 5.20. The minimum Gasteiger partial charge on any atom is -0.354 e. The molecule has 0 unspecified atom stereocenters. The molecule has 1 amide bonds. The Morgan fingerprint density at radius 1 is 1.24 bits per heavy atom. The second-order valence-corrected chi connectivity index (χ2v) is 6.98. The van der Waals surface area contributed by atoms with E-state index in [1.807, 2.05) is 54.9 Å². The first kappa shape index (κ1) is 17.4. The van der Waals surface area contributed by atoms with Crippen LogP contribution < -0.4 is 5.32 Å². The topological polar surface area (TPSA) is 46.9 Å². The Labute approximate surface area is 152 Å². The Morgan fingerprint density at radius 2 is 2.04 bits per heavy atom. The van der Waals surface area contributed by atoms with Crippen LogP contribution in [0.1, 0.15) is 30.5 Å². The van der Waals surface area contributed by atoms with E-state index in [2.05, 4.69) is 27.9 Å². The van der Waals surface area contributed by atoms with Crippen LogP contribution in [-0.4, -0.2) is 22.2 Å². The van der Waals surface area contributed by atoms with E-state index in [4.69, 9.17) is 0 Å². The summed E-state index contributed by atoms with van der Waals surface area (Å²) in [4.78, 5) is 13.7. The fraction of sp³-hybridized carbons (Fsp3) is 0.300. The Morgan fingerprint density at radius 3 is 2.72 bits per heavy atom. The van der Waals surface area contributed by atoms with Crippen LogP contribution >= 0.6 is 11.3 Å². The van der Waals surface area contributed by atoms with E-state index in [1.165, 1.54) is 4.88 Å². The average molecular weight is 353 g/mol. The van der Waals surface area contributed by atoms with E-state index < -0.39 is 0 Å². The highest BCUT2D eigenvalue weighted by atomic mass is 32.1. The maximum atomic E-state index is 12.5. The second kappa shape index (κ2) is 8.12. The molecule has 1 N–H and O–H groups in total. The molecule has 130 valence electrons. The van der Waals surface area contributed by atoms with Gasteiger partial charge in [0.2, 0.25) is 5.91 Å². The highest BCUT2D eigenvalue weighted by Crippen LogP contribution is 2.24. The summed E-state index contributed by atoms with van der Waals surface area (Å²) in [5.74, 6) is -0.0152. The van der Waals surface area contributed by atoms with Crippen LogP contribution in [0.4, 0.5) is 0 Å². The number of nitrogens with zero attached hydrogens (tertiary/aromatic N) is 2. The maximum absolute atomic E-state index is 12.5. The molecule has 0 aliphatic heterocycles. The number of carbonyl (C=O) groups is 1. The predicted octanol–water partition coefficient (Wildman–Crippen LogP) is 4.23. The van der Waals surface area contributed by atoms with E-state index in [0.717, 1.165) is 23.4 Å². The van der Waals surface area contributed by atoms with Crippen molar-refractivity contribution >= 4 is 17.2 Å². The third-order valence-electron chi connectivity index (χ3n) is 4.30. The van der Waals surface area contributed by atoms with Crippen molar-refractivity contribution in [2.75, 3.05) is 6.54 Å². The maximum Gasteiger partial charge on any atom is 0.227 e. The Hall–Kier alpha value is -2.40. The first-order valence-corrected chi connectivity index (χ1v) is 9.48. The van der Waals surface area contributed by atoms with Crippen molar-refractivity contribution in [3.05, 3.63) is 65.2 Å². The SMILES string of the molecule is CC[C@@H](C(=O)NCCn1nc(-c2cccs2)cc1C)c1ccccc1. The molecule has 0 radical (unpaired) electrons. The van der Waals surface area contributed by atoms with Crippen LogP contribution in [0.15, 0.2) is 53.9 Å². The van der Waals surface area contributed by atoms with Crippen LogP contribution in [-0.2, 0) is 11.3 Å². The standard InChI is InChI=1S/C20H23N3OS/c1-3-17(16-8-5-4-6-9-16)20(24)21-11-12-23-15(2)14-18(22-23)19-10-7-13-25-19/h4-10,13-14,17H,3,11-12H2,1-2H3,(H,21,24)/t17-/m1/s1. The van der Waals surface area contributed by atoms with Gasteiger partial charge >= 0.3 is 0 Å². The van der Waals surface area contributed by atoms with Crippen molar-refractivity contribution in [2.24, 2.45) is 0 Å². The van der Waals surface area contributed by atoms with Crippen LogP contribution in [0.3, 0.4) is 0 Å². The van der Waals surface area contributed by atoms with Gasteiger partial charge in [0.25, 0.3) is 0 Å². The summed E-state index contributed by atoms with van der Waals surface area (Å²) in [5.41, 5.74) is 3.17. The number of rotatable bonds is 7. The van der Waals surface area contributed by atoms with Crippen molar-refractivity contribution in [1.29, 1.82) is 0 Å². The van der Waals surface area contributed by atoms with Gasteiger partial charge in [-0.3, -0.25) is 9.48 Å². The van der Waals surface area contributed by atoms with Gasteiger partial charge in [0.1, 0.15) is 5.69 Å². The lowest BCUT2D eigenvalue weighted by molar-refractivity contribution is -0.122. The zero-order valence-electron chi connectivity index (χ0n) is 14.6. The molecule has 3 aromatic rings. The number of carbonyl (C=O) groups excluding carboxylic acids is 1. The third kappa shape index (κ3) is 4.17. The molecule has 0 bridgehead atoms. The van der Waals surface area contributed by atoms with Gasteiger partial charge in [0, 0.05) is 12.2 Å². The smallest absolute Gasteiger partial charge is 0.227 e. The van der Waals surface area contributed by atoms with Crippen molar-refractivity contribution in [2.45, 2.75) is 32.7 Å². The molecular weight excluding hydrogens is 330 g/mol. The fourth-order valence-corrected chi connectivity index (χ4v) is 3.63. The molecule has 0 aliphatic rings. The minimum atomic E-state index is -0.0957. The molecule has 0 fully saturated rings. The van der Waals surface area contributed by atoms with Gasteiger partial charge in [-0.1, -0.05) is 43.3 Å². The van der Waals surface area contributed by atoms with Gasteiger partial charge in [-0.25, -0.2) is 0 Å². The number of benzene rings is 1. The molecule has 0 saturated heterocycles. The van der Waals surface area contributed by atoms with E-state index in [9.17, 15) is 4.79 Å². The van der Waals surface area contributed by atoms with Crippen LogP contribution in [0.25, 0.3) is 10.6 Å². The highest BCUT2D eigenvalue weighted by Gasteiger charge is 2.18. The van der Waals surface area contributed by atoms with Gasteiger partial charge in [-0.05, 0) is 36.4 Å². The highest BCUT2D eigenvalue weighted by molar-refractivity contribution is 7.13. The predicted molar refractivity (Wildman–Crippen MR) is 103 cm³/mol. The molecule has 25 heavy (non-hydrogen) atoms. The number of hydrogen-bond donors (Lipinski definition) is 1. The molecule has 2 heterocycles. The quantitative estimate of drug-likeness (QED) is 0.691. The normalized spacial score (nSPS) is 12.1. The van der Waals surface area contributed by atoms with Gasteiger partial charge in [-0.15, -0.1) is 11.3 Å². The largest absolute Gasteiger partial charge is 0.354 e. The summed E-state index contributed by atoms with van der Waals surface area (Å²) in [6.45, 7) is 5.34. The summed E-state index contributed by atoms with van der Waals surface area (Å²) < 4.78 is 1.96. The molecule has 1 atom stereocenters. The molecular formula is C20H23N3OS. The van der Waals surface area contributed by atoms with Gasteiger partial charge in [0.05, 0.1) is 17.3 Å². The van der Waals surface area contributed by atoms with E-state index in [0.29, 0.717) is 13.1 Å². The van der Waals surface area contributed by atoms with Crippen LogP contribution in [0.2, 0.25) is 0 Å². The fourth-order valence-electron chi connectivity index (χ4n) is 2.95. The van der Waals surface area contributed by atoms with Gasteiger partial charge in [-0.2, -0.15) is 5.10 Å². The molecule has 0 aliphatic carbocycles. The van der Waals surface area contributed by atoms with Crippen molar-refractivity contribution in [1.82, 2.24) is 15.1 Å². The molecule has 3 rings (SSSR count). The lowest BCUT2D eigenvalue weighted by Crippen LogP contribution is -2.32. The number of nitrogens with one attached hydrogen (secondary N) is 1. The zero-order chi connectivity index (χ0) is 17.6. The summed E-state index contributed by atoms with van der Waals surface area (Å²) in [5, 5.41) is 9.76. The minimum absolute atomic E-state index is 0.0805. The molecule has 4 nitrogen and oxygen atoms in total. The van der Waals surface area contributed by atoms with Crippen molar-refractivity contribution in [3.8, 4) is 10.6 Å². The lowest BCUT2D eigenvalue weighted by atomic mass is 9.96. The molecule has 0 saturated carbocycles. The first-order valence-electron chi connectivity index (χ1n) is 8.60. The monoisotopic (exact) mass is 353 g/mol. The number of thiophene rings is 1. The summed E-state index contributed by atoms with van der Waals surface area (Å²) >= 11 is 1.69. The Balaban J connectivity index is 1.58. The molecule has 1 aromatic carbocycles. The number of amides is 1. The molecule has 2 aromatic heterocycles. The van der Waals surface area contributed by atoms with Crippen molar-refractivity contribution < 1.29 is 4.79 Å². The van der Waals surface area contributed by atoms with Crippen LogP contribution in [0.5, 0.6) is 0 Å². The number of aryl methyl sites for hydroxylation is 1. The zero-order valence-corrected chi connectivity index (χ0v) is 15.4. The molecule has 0 spiro atoms. The summed E-state index contributed by atoms with van der Waals surface area (Å²) in [7, 11) is 0.